The lowest BCUT2D eigenvalue weighted by Crippen LogP contribution is -2.27. The van der Waals surface area contributed by atoms with Crippen molar-refractivity contribution < 1.29 is 9.72 Å². The number of carbonyl (C=O) groups excluding carboxylic acids is 1. The summed E-state index contributed by atoms with van der Waals surface area (Å²) in [6.07, 6.45) is 7.62. The van der Waals surface area contributed by atoms with Crippen LogP contribution in [0.5, 0.6) is 0 Å². The third-order valence-corrected chi connectivity index (χ3v) is 7.06. The Bertz CT molecular complexity index is 1600. The van der Waals surface area contributed by atoms with Gasteiger partial charge in [-0.2, -0.15) is 5.21 Å². The molecule has 0 aliphatic heterocycles. The lowest BCUT2D eigenvalue weighted by atomic mass is 9.93. The van der Waals surface area contributed by atoms with Crippen LogP contribution >= 0.6 is 23.2 Å². The molecule has 0 saturated carbocycles. The van der Waals surface area contributed by atoms with Gasteiger partial charge in [0.2, 0.25) is 0 Å². The molecule has 0 bridgehead atoms. The van der Waals surface area contributed by atoms with Crippen LogP contribution in [0.3, 0.4) is 0 Å². The molecule has 1 heterocycles. The summed E-state index contributed by atoms with van der Waals surface area (Å²) in [5.41, 5.74) is 4.83. The number of aromatic amines is 1. The largest absolute Gasteiger partial charge is 0.336 e. The highest BCUT2D eigenvalue weighted by Gasteiger charge is 2.19. The van der Waals surface area contributed by atoms with Crippen molar-refractivity contribution in [2.75, 3.05) is 15.5 Å². The second kappa shape index (κ2) is 13.3. The Kier molecular flexibility index (Phi) is 9.10. The van der Waals surface area contributed by atoms with Crippen molar-refractivity contribution in [3.05, 3.63) is 122 Å². The van der Waals surface area contributed by atoms with E-state index in [1.807, 2.05) is 24.3 Å². The molecule has 0 unspecified atom stereocenters. The van der Waals surface area contributed by atoms with E-state index >= 15 is 0 Å². The Morgan fingerprint density at radius 1 is 1.02 bits per heavy atom. The van der Waals surface area contributed by atoms with Crippen molar-refractivity contribution >= 4 is 52.0 Å². The van der Waals surface area contributed by atoms with Crippen LogP contribution in [0.1, 0.15) is 47.2 Å². The molecule has 214 valence electrons. The molecule has 1 aliphatic carbocycles. The van der Waals surface area contributed by atoms with Crippen molar-refractivity contribution in [1.29, 1.82) is 0 Å². The molecule has 0 radical (unpaired) electrons. The summed E-state index contributed by atoms with van der Waals surface area (Å²) in [6.45, 7) is 0.246. The van der Waals surface area contributed by atoms with Gasteiger partial charge in [-0.15, -0.1) is 5.10 Å². The molecule has 1 aromatic heterocycles. The zero-order valence-electron chi connectivity index (χ0n) is 22.3. The molecular weight excluding hydrogens is 579 g/mol. The molecule has 42 heavy (non-hydrogen) atoms. The molecule has 5 rings (SSSR count). The number of halogens is 2. The monoisotopic (exact) mass is 604 g/mol. The topological polar surface area (TPSA) is 142 Å². The fourth-order valence-electron chi connectivity index (χ4n) is 4.65. The molecule has 0 saturated heterocycles. The number of tetrazole rings is 1. The Morgan fingerprint density at radius 3 is 2.38 bits per heavy atom. The Balaban J connectivity index is 1.46. The van der Waals surface area contributed by atoms with Gasteiger partial charge in [0.1, 0.15) is 0 Å². The maximum Gasteiger partial charge on any atom is 0.275 e. The van der Waals surface area contributed by atoms with Gasteiger partial charge in [0.15, 0.2) is 5.82 Å². The first-order valence-electron chi connectivity index (χ1n) is 13.1. The maximum atomic E-state index is 12.6. The van der Waals surface area contributed by atoms with Crippen LogP contribution in [0.2, 0.25) is 10.0 Å². The quantitative estimate of drug-likeness (QED) is 0.131. The van der Waals surface area contributed by atoms with E-state index in [1.54, 1.807) is 47.4 Å². The molecule has 0 atom stereocenters. The van der Waals surface area contributed by atoms with Gasteiger partial charge in [0.25, 0.3) is 18.1 Å². The highest BCUT2D eigenvalue weighted by atomic mass is 35.5. The van der Waals surface area contributed by atoms with Crippen LogP contribution in [0, 0.1) is 10.1 Å². The minimum absolute atomic E-state index is 0.0597. The number of nitrogens with one attached hydrogen (secondary N) is 3. The molecule has 1 amide bonds. The summed E-state index contributed by atoms with van der Waals surface area (Å²) in [6, 6.07) is 19.7. The second-order valence-corrected chi connectivity index (χ2v) is 10.5. The van der Waals surface area contributed by atoms with Gasteiger partial charge < -0.3 is 10.2 Å². The molecule has 13 heteroatoms. The van der Waals surface area contributed by atoms with Gasteiger partial charge in [0.05, 0.1) is 4.92 Å². The van der Waals surface area contributed by atoms with E-state index < -0.39 is 10.8 Å². The van der Waals surface area contributed by atoms with E-state index in [1.165, 1.54) is 12.0 Å². The van der Waals surface area contributed by atoms with Crippen molar-refractivity contribution in [3.8, 4) is 0 Å². The number of carbonyl (C=O) groups is 1. The fraction of sp³-hybridized carbons (Fsp3) is 0.172. The molecular formula is C29H26Cl2N8O3. The number of nitrogens with zero attached hydrogens (tertiary/aromatic N) is 5. The normalized spacial score (nSPS) is 13.3. The third-order valence-electron chi connectivity index (χ3n) is 6.62. The number of amides is 1. The SMILES string of the molecule is O=C(Nc1nn[nH]n1)c1ccc(CN(/C(=C\[N+](=O)[O-])Nc2cc(Cl)cc(Cl)c2)c2ccc(C3=CCCCC3)cc2)cc1. The van der Waals surface area contributed by atoms with Gasteiger partial charge in [0, 0.05) is 33.5 Å². The van der Waals surface area contributed by atoms with Crippen LogP contribution in [-0.2, 0) is 6.54 Å². The van der Waals surface area contributed by atoms with Crippen molar-refractivity contribution in [2.45, 2.75) is 32.2 Å². The van der Waals surface area contributed by atoms with Gasteiger partial charge in [-0.1, -0.05) is 58.6 Å². The maximum absolute atomic E-state index is 12.6. The highest BCUT2D eigenvalue weighted by molar-refractivity contribution is 6.35. The first kappa shape index (κ1) is 28.8. The lowest BCUT2D eigenvalue weighted by Gasteiger charge is -2.27. The first-order valence-corrected chi connectivity index (χ1v) is 13.9. The predicted octanol–water partition coefficient (Wildman–Crippen LogP) is 6.91. The molecule has 3 aromatic carbocycles. The van der Waals surface area contributed by atoms with Gasteiger partial charge in [-0.3, -0.25) is 20.2 Å². The van der Waals surface area contributed by atoms with Crippen LogP contribution in [0.25, 0.3) is 5.57 Å². The Hall–Kier alpha value is -4.74. The number of benzene rings is 3. The average molecular weight is 605 g/mol. The highest BCUT2D eigenvalue weighted by Crippen LogP contribution is 2.31. The molecule has 0 fully saturated rings. The van der Waals surface area contributed by atoms with E-state index in [4.69, 9.17) is 23.2 Å². The number of aromatic nitrogens is 4. The Labute approximate surface area is 251 Å². The summed E-state index contributed by atoms with van der Waals surface area (Å²) in [4.78, 5) is 25.6. The number of hydrogen-bond acceptors (Lipinski definition) is 8. The first-order chi connectivity index (χ1) is 20.3. The summed E-state index contributed by atoms with van der Waals surface area (Å²) in [5.74, 6) is -0.146. The summed E-state index contributed by atoms with van der Waals surface area (Å²) < 4.78 is 0. The number of hydrogen-bond donors (Lipinski definition) is 3. The van der Waals surface area contributed by atoms with Crippen LogP contribution in [0.15, 0.2) is 84.8 Å². The van der Waals surface area contributed by atoms with Crippen molar-refractivity contribution in [3.63, 3.8) is 0 Å². The average Bonchev–Trinajstić information content (AvgIpc) is 3.49. The van der Waals surface area contributed by atoms with Crippen LogP contribution in [0.4, 0.5) is 17.3 Å². The minimum atomic E-state index is -0.520. The van der Waals surface area contributed by atoms with Crippen LogP contribution < -0.4 is 15.5 Å². The molecule has 1 aliphatic rings. The Morgan fingerprint density at radius 2 is 1.76 bits per heavy atom. The van der Waals surface area contributed by atoms with E-state index in [2.05, 4.69) is 37.3 Å². The standard InChI is InChI=1S/C29H26Cl2N8O3/c30-23-14-24(31)16-25(15-23)32-27(18-39(41)42)38(26-12-10-21(11-13-26)20-4-2-1-3-5-20)17-19-6-8-22(9-7-19)28(40)33-29-34-36-37-35-29/h4,6-16,18,32H,1-3,5,17H2,(H2,33,34,35,36,37,40)/b27-18-. The number of nitro groups is 1. The fourth-order valence-corrected chi connectivity index (χ4v) is 5.17. The van der Waals surface area contributed by atoms with Crippen molar-refractivity contribution in [1.82, 2.24) is 20.6 Å². The second-order valence-electron chi connectivity index (χ2n) is 9.58. The smallest absolute Gasteiger partial charge is 0.275 e. The van der Waals surface area contributed by atoms with E-state index in [9.17, 15) is 14.9 Å². The number of H-pyrrole nitrogens is 1. The van der Waals surface area contributed by atoms with E-state index in [-0.39, 0.29) is 18.3 Å². The zero-order chi connectivity index (χ0) is 29.5. The van der Waals surface area contributed by atoms with Gasteiger partial charge >= 0.3 is 0 Å². The van der Waals surface area contributed by atoms with E-state index in [0.717, 1.165) is 42.3 Å². The van der Waals surface area contributed by atoms with Crippen LogP contribution in [-0.4, -0.2) is 31.5 Å². The zero-order valence-corrected chi connectivity index (χ0v) is 23.8. The molecule has 3 N–H and O–H groups in total. The molecule has 11 nitrogen and oxygen atoms in total. The van der Waals surface area contributed by atoms with Gasteiger partial charge in [-0.05, 0) is 90.1 Å². The molecule has 4 aromatic rings. The number of allylic oxidation sites excluding steroid dienone is 2. The van der Waals surface area contributed by atoms with E-state index in [0.29, 0.717) is 21.3 Å². The summed E-state index contributed by atoms with van der Waals surface area (Å²) in [7, 11) is 0. The summed E-state index contributed by atoms with van der Waals surface area (Å²) >= 11 is 12.4. The number of rotatable bonds is 10. The third kappa shape index (κ3) is 7.50. The van der Waals surface area contributed by atoms with Crippen molar-refractivity contribution in [2.24, 2.45) is 0 Å². The lowest BCUT2D eigenvalue weighted by molar-refractivity contribution is -0.403. The molecule has 0 spiro atoms. The minimum Gasteiger partial charge on any atom is -0.336 e. The van der Waals surface area contributed by atoms with Gasteiger partial charge in [-0.25, -0.2) is 0 Å². The number of anilines is 3. The summed E-state index contributed by atoms with van der Waals surface area (Å²) in [5, 5.41) is 31.4. The predicted molar refractivity (Wildman–Crippen MR) is 163 cm³/mol.